The van der Waals surface area contributed by atoms with Gasteiger partial charge in [0.2, 0.25) is 5.91 Å². The number of ether oxygens (including phenoxy) is 2. The van der Waals surface area contributed by atoms with Gasteiger partial charge >= 0.3 is 5.97 Å². The van der Waals surface area contributed by atoms with Crippen LogP contribution in [0.4, 0.5) is 5.69 Å². The molecule has 0 saturated heterocycles. The Labute approximate surface area is 222 Å². The number of amides is 2. The largest absolute Gasteiger partial charge is 0.490 e. The first-order valence-corrected chi connectivity index (χ1v) is 12.1. The van der Waals surface area contributed by atoms with Gasteiger partial charge in [0.25, 0.3) is 5.91 Å². The highest BCUT2D eigenvalue weighted by molar-refractivity contribution is 5.97. The maximum Gasteiger partial charge on any atom is 0.336 e. The highest BCUT2D eigenvalue weighted by Gasteiger charge is 2.21. The quantitative estimate of drug-likeness (QED) is 0.130. The van der Waals surface area contributed by atoms with Crippen molar-refractivity contribution in [1.82, 2.24) is 5.43 Å². The zero-order valence-electron chi connectivity index (χ0n) is 21.9. The number of benzene rings is 3. The summed E-state index contributed by atoms with van der Waals surface area (Å²) >= 11 is 0. The van der Waals surface area contributed by atoms with Crippen LogP contribution >= 0.6 is 0 Å². The van der Waals surface area contributed by atoms with E-state index in [-0.39, 0.29) is 11.7 Å². The zero-order chi connectivity index (χ0) is 27.5. The highest BCUT2D eigenvalue weighted by Crippen LogP contribution is 2.28. The molecule has 8 nitrogen and oxygen atoms in total. The predicted octanol–water partition coefficient (Wildman–Crippen LogP) is 5.45. The molecule has 3 aromatic carbocycles. The number of carbonyl (C=O) groups is 3. The van der Waals surface area contributed by atoms with Crippen LogP contribution in [0.2, 0.25) is 0 Å². The van der Waals surface area contributed by atoms with Crippen LogP contribution in [0.15, 0.2) is 84.0 Å². The first-order chi connectivity index (χ1) is 18.2. The molecule has 0 saturated carbocycles. The number of nitrogens with one attached hydrogen (secondary N) is 2. The molecule has 0 spiro atoms. The van der Waals surface area contributed by atoms with Gasteiger partial charge in [-0.1, -0.05) is 51.1 Å². The van der Waals surface area contributed by atoms with Gasteiger partial charge < -0.3 is 14.8 Å². The molecule has 2 amide bonds. The maximum absolute atomic E-state index is 12.4. The average molecular weight is 514 g/mol. The molecule has 0 unspecified atom stereocenters. The Balaban J connectivity index is 1.60. The Hall–Kier alpha value is -4.72. The molecule has 8 heteroatoms. The third-order valence-corrected chi connectivity index (χ3v) is 5.16. The normalized spacial score (nSPS) is 11.4. The van der Waals surface area contributed by atoms with Gasteiger partial charge in [0, 0.05) is 22.7 Å². The molecule has 0 radical (unpaired) electrons. The van der Waals surface area contributed by atoms with Crippen LogP contribution in [0.5, 0.6) is 11.5 Å². The van der Waals surface area contributed by atoms with E-state index in [1.165, 1.54) is 12.3 Å². The first-order valence-electron chi connectivity index (χ1n) is 12.1. The zero-order valence-corrected chi connectivity index (χ0v) is 21.9. The van der Waals surface area contributed by atoms with Crippen LogP contribution in [0.1, 0.15) is 49.2 Å². The summed E-state index contributed by atoms with van der Waals surface area (Å²) in [5.41, 5.74) is 4.45. The number of esters is 1. The molecular formula is C30H31N3O5. The van der Waals surface area contributed by atoms with E-state index in [2.05, 4.69) is 15.8 Å². The molecular weight excluding hydrogens is 482 g/mol. The molecule has 3 aromatic rings. The van der Waals surface area contributed by atoms with Crippen LogP contribution < -0.4 is 20.2 Å². The summed E-state index contributed by atoms with van der Waals surface area (Å²) in [5, 5.41) is 6.82. The summed E-state index contributed by atoms with van der Waals surface area (Å²) in [6.45, 7) is 7.66. The molecule has 0 heterocycles. The van der Waals surface area contributed by atoms with Gasteiger partial charge in [-0.3, -0.25) is 9.59 Å². The minimum absolute atomic E-state index is 0.116. The summed E-state index contributed by atoms with van der Waals surface area (Å²) in [6.07, 6.45) is 4.47. The van der Waals surface area contributed by atoms with Crippen molar-refractivity contribution in [3.05, 3.63) is 95.6 Å². The SMILES string of the molecule is CCOc1cc(C=NNC(=O)c2ccc(NC(=O)C(C)(C)C)cc2)ccc1OC(=O)/C=C/c1ccccc1. The van der Waals surface area contributed by atoms with Gasteiger partial charge in [-0.2, -0.15) is 5.10 Å². The van der Waals surface area contributed by atoms with Crippen molar-refractivity contribution in [2.75, 3.05) is 11.9 Å². The van der Waals surface area contributed by atoms with E-state index in [1.54, 1.807) is 48.5 Å². The second kappa shape index (κ2) is 13.0. The van der Waals surface area contributed by atoms with Crippen molar-refractivity contribution in [3.8, 4) is 11.5 Å². The molecule has 2 N–H and O–H groups in total. The lowest BCUT2D eigenvalue weighted by molar-refractivity contribution is -0.129. The van der Waals surface area contributed by atoms with E-state index in [4.69, 9.17) is 9.47 Å². The van der Waals surface area contributed by atoms with E-state index in [0.29, 0.717) is 29.2 Å². The smallest absolute Gasteiger partial charge is 0.336 e. The fraction of sp³-hybridized carbons (Fsp3) is 0.200. The Morgan fingerprint density at radius 2 is 1.61 bits per heavy atom. The van der Waals surface area contributed by atoms with Crippen molar-refractivity contribution in [1.29, 1.82) is 0 Å². The van der Waals surface area contributed by atoms with Crippen LogP contribution in [0.3, 0.4) is 0 Å². The van der Waals surface area contributed by atoms with Gasteiger partial charge in [-0.05, 0) is 66.6 Å². The summed E-state index contributed by atoms with van der Waals surface area (Å²) in [4.78, 5) is 36.8. The minimum atomic E-state index is -0.535. The molecule has 0 fully saturated rings. The molecule has 38 heavy (non-hydrogen) atoms. The Morgan fingerprint density at radius 1 is 0.895 bits per heavy atom. The topological polar surface area (TPSA) is 106 Å². The number of hydrogen-bond donors (Lipinski definition) is 2. The molecule has 0 aromatic heterocycles. The lowest BCUT2D eigenvalue weighted by Crippen LogP contribution is -2.27. The Kier molecular flexibility index (Phi) is 9.54. The monoisotopic (exact) mass is 513 g/mol. The van der Waals surface area contributed by atoms with Crippen molar-refractivity contribution in [2.45, 2.75) is 27.7 Å². The fourth-order valence-electron chi connectivity index (χ4n) is 3.08. The standard InChI is InChI=1S/C30H31N3O5/c1-5-37-26-19-22(11-17-25(26)38-27(34)18-12-21-9-7-6-8-10-21)20-31-33-28(35)23-13-15-24(16-14-23)32-29(36)30(2,3)4/h6-20H,5H2,1-4H3,(H,32,36)(H,33,35)/b18-12+,31-20?. The molecule has 0 bridgehead atoms. The number of anilines is 1. The van der Waals surface area contributed by atoms with Gasteiger partial charge in [-0.15, -0.1) is 0 Å². The second-order valence-corrected chi connectivity index (χ2v) is 9.28. The summed E-state index contributed by atoms with van der Waals surface area (Å²) in [5.74, 6) is -0.412. The van der Waals surface area contributed by atoms with Crippen molar-refractivity contribution in [2.24, 2.45) is 10.5 Å². The summed E-state index contributed by atoms with van der Waals surface area (Å²) < 4.78 is 11.1. The van der Waals surface area contributed by atoms with Gasteiger partial charge in [0.1, 0.15) is 0 Å². The van der Waals surface area contributed by atoms with Gasteiger partial charge in [0.15, 0.2) is 11.5 Å². The number of hydrogen-bond acceptors (Lipinski definition) is 6. The molecule has 0 aliphatic heterocycles. The number of rotatable bonds is 9. The predicted molar refractivity (Wildman–Crippen MR) is 148 cm³/mol. The minimum Gasteiger partial charge on any atom is -0.490 e. The van der Waals surface area contributed by atoms with E-state index < -0.39 is 17.3 Å². The van der Waals surface area contributed by atoms with Crippen LogP contribution in [-0.4, -0.2) is 30.6 Å². The lowest BCUT2D eigenvalue weighted by atomic mass is 9.95. The average Bonchev–Trinajstić information content (AvgIpc) is 2.89. The van der Waals surface area contributed by atoms with Crippen LogP contribution in [-0.2, 0) is 9.59 Å². The highest BCUT2D eigenvalue weighted by atomic mass is 16.6. The number of nitrogens with zero attached hydrogens (tertiary/aromatic N) is 1. The van der Waals surface area contributed by atoms with E-state index in [0.717, 1.165) is 5.56 Å². The van der Waals surface area contributed by atoms with Crippen molar-refractivity contribution in [3.63, 3.8) is 0 Å². The van der Waals surface area contributed by atoms with Crippen molar-refractivity contribution < 1.29 is 23.9 Å². The van der Waals surface area contributed by atoms with E-state index in [9.17, 15) is 14.4 Å². The molecule has 3 rings (SSSR count). The Morgan fingerprint density at radius 3 is 2.26 bits per heavy atom. The third kappa shape index (κ3) is 8.44. The van der Waals surface area contributed by atoms with E-state index in [1.807, 2.05) is 58.0 Å². The van der Waals surface area contributed by atoms with Gasteiger partial charge in [0.05, 0.1) is 12.8 Å². The Bertz CT molecular complexity index is 1320. The summed E-state index contributed by atoms with van der Waals surface area (Å²) in [6, 6.07) is 20.9. The van der Waals surface area contributed by atoms with Crippen LogP contribution in [0, 0.1) is 5.41 Å². The second-order valence-electron chi connectivity index (χ2n) is 9.28. The summed E-state index contributed by atoms with van der Waals surface area (Å²) in [7, 11) is 0. The molecule has 0 atom stereocenters. The third-order valence-electron chi connectivity index (χ3n) is 5.16. The first kappa shape index (κ1) is 27.9. The number of hydrazone groups is 1. The number of carbonyl (C=O) groups excluding carboxylic acids is 3. The van der Waals surface area contributed by atoms with Crippen LogP contribution in [0.25, 0.3) is 6.08 Å². The van der Waals surface area contributed by atoms with E-state index >= 15 is 0 Å². The molecule has 0 aliphatic rings. The maximum atomic E-state index is 12.4. The van der Waals surface area contributed by atoms with Crippen molar-refractivity contribution >= 4 is 35.8 Å². The fourth-order valence-corrected chi connectivity index (χ4v) is 3.08. The van der Waals surface area contributed by atoms with Gasteiger partial charge in [-0.25, -0.2) is 10.2 Å². The lowest BCUT2D eigenvalue weighted by Gasteiger charge is -2.17. The molecule has 0 aliphatic carbocycles. The molecule has 196 valence electrons.